The first-order valence-corrected chi connectivity index (χ1v) is 9.78. The number of aryl methyl sites for hydroxylation is 2. The predicted octanol–water partition coefficient (Wildman–Crippen LogP) is 6.14. The van der Waals surface area contributed by atoms with Gasteiger partial charge in [0.1, 0.15) is 0 Å². The third kappa shape index (κ3) is 4.58. The molecule has 0 radical (unpaired) electrons. The van der Waals surface area contributed by atoms with E-state index >= 15 is 0 Å². The number of rotatable bonds is 6. The highest BCUT2D eigenvalue weighted by atomic mass is 16.5. The van der Waals surface area contributed by atoms with Crippen molar-refractivity contribution in [3.05, 3.63) is 108 Å². The molecule has 0 atom stereocenters. The molecule has 0 bridgehead atoms. The summed E-state index contributed by atoms with van der Waals surface area (Å²) in [4.78, 5) is 8.44. The maximum Gasteiger partial charge on any atom is 0.0724 e. The van der Waals surface area contributed by atoms with E-state index in [1.165, 1.54) is 22.3 Å². The molecule has 0 unspecified atom stereocenters. The summed E-state index contributed by atoms with van der Waals surface area (Å²) in [7, 11) is 0. The van der Waals surface area contributed by atoms with Crippen molar-refractivity contribution in [1.82, 2.24) is 9.97 Å². The number of pyridine rings is 2. The second-order valence-corrected chi connectivity index (χ2v) is 7.26. The molecule has 0 aliphatic heterocycles. The Morgan fingerprint density at radius 3 is 1.52 bits per heavy atom. The monoisotopic (exact) mass is 380 g/mol. The van der Waals surface area contributed by atoms with Crippen LogP contribution in [0.2, 0.25) is 0 Å². The van der Waals surface area contributed by atoms with Gasteiger partial charge < -0.3 is 4.74 Å². The minimum atomic E-state index is 0.580. The van der Waals surface area contributed by atoms with Crippen molar-refractivity contribution in [2.45, 2.75) is 27.1 Å². The van der Waals surface area contributed by atoms with Crippen molar-refractivity contribution in [2.24, 2.45) is 0 Å². The lowest BCUT2D eigenvalue weighted by molar-refractivity contribution is 0.106. The van der Waals surface area contributed by atoms with Crippen LogP contribution in [-0.2, 0) is 18.0 Å². The van der Waals surface area contributed by atoms with Gasteiger partial charge in [0.25, 0.3) is 0 Å². The molecule has 0 saturated carbocycles. The highest BCUT2D eigenvalue weighted by Crippen LogP contribution is 2.24. The van der Waals surface area contributed by atoms with E-state index < -0.39 is 0 Å². The van der Waals surface area contributed by atoms with Crippen LogP contribution in [0.15, 0.2) is 85.5 Å². The lowest BCUT2D eigenvalue weighted by Gasteiger charge is -2.12. The SMILES string of the molecule is Cc1ccc(-c2cccnc2)cc1COCc1cc(-c2cccnc2)ccc1C. The Morgan fingerprint density at radius 1 is 0.621 bits per heavy atom. The van der Waals surface area contributed by atoms with Gasteiger partial charge in [-0.25, -0.2) is 0 Å². The minimum Gasteiger partial charge on any atom is -0.372 e. The summed E-state index contributed by atoms with van der Waals surface area (Å²) >= 11 is 0. The molecule has 0 amide bonds. The maximum absolute atomic E-state index is 6.12. The van der Waals surface area contributed by atoms with Crippen LogP contribution in [0.25, 0.3) is 22.3 Å². The van der Waals surface area contributed by atoms with Gasteiger partial charge in [-0.3, -0.25) is 9.97 Å². The summed E-state index contributed by atoms with van der Waals surface area (Å²) < 4.78 is 6.12. The zero-order valence-corrected chi connectivity index (χ0v) is 16.8. The number of hydrogen-bond acceptors (Lipinski definition) is 3. The van der Waals surface area contributed by atoms with Crippen molar-refractivity contribution in [3.8, 4) is 22.3 Å². The fraction of sp³-hybridized carbons (Fsp3) is 0.154. The van der Waals surface area contributed by atoms with Gasteiger partial charge in [-0.05, 0) is 82.6 Å². The third-order valence-corrected chi connectivity index (χ3v) is 5.20. The van der Waals surface area contributed by atoms with Crippen LogP contribution in [0.5, 0.6) is 0 Å². The van der Waals surface area contributed by atoms with E-state index in [0.717, 1.165) is 22.3 Å². The Hall–Kier alpha value is -3.30. The van der Waals surface area contributed by atoms with Crippen LogP contribution < -0.4 is 0 Å². The number of benzene rings is 2. The van der Waals surface area contributed by atoms with Gasteiger partial charge in [-0.2, -0.15) is 0 Å². The van der Waals surface area contributed by atoms with Crippen LogP contribution in [0, 0.1) is 13.8 Å². The zero-order valence-electron chi connectivity index (χ0n) is 16.8. The standard InChI is InChI=1S/C26H24N2O/c1-19-7-9-21(23-5-3-11-27-15-23)13-25(19)17-29-18-26-14-22(10-8-20(26)2)24-6-4-12-28-16-24/h3-16H,17-18H2,1-2H3. The molecule has 0 spiro atoms. The molecular weight excluding hydrogens is 356 g/mol. The Morgan fingerprint density at radius 2 is 1.10 bits per heavy atom. The lowest BCUT2D eigenvalue weighted by Crippen LogP contribution is -1.99. The van der Waals surface area contributed by atoms with Crippen molar-refractivity contribution < 1.29 is 4.74 Å². The highest BCUT2D eigenvalue weighted by molar-refractivity contribution is 5.64. The van der Waals surface area contributed by atoms with Crippen LogP contribution in [0.4, 0.5) is 0 Å². The molecule has 0 fully saturated rings. The van der Waals surface area contributed by atoms with Crippen molar-refractivity contribution in [2.75, 3.05) is 0 Å². The summed E-state index contributed by atoms with van der Waals surface area (Å²) in [5.74, 6) is 0. The van der Waals surface area contributed by atoms with E-state index in [4.69, 9.17) is 4.74 Å². The molecule has 29 heavy (non-hydrogen) atoms. The van der Waals surface area contributed by atoms with Crippen LogP contribution in [0.1, 0.15) is 22.3 Å². The van der Waals surface area contributed by atoms with E-state index in [1.54, 1.807) is 12.4 Å². The Labute approximate surface area is 172 Å². The van der Waals surface area contributed by atoms with Gasteiger partial charge in [0.05, 0.1) is 13.2 Å². The summed E-state index contributed by atoms with van der Waals surface area (Å²) in [6.07, 6.45) is 7.37. The van der Waals surface area contributed by atoms with Gasteiger partial charge in [0, 0.05) is 24.8 Å². The van der Waals surface area contributed by atoms with E-state index in [2.05, 4.69) is 72.3 Å². The molecule has 2 heterocycles. The molecule has 2 aromatic heterocycles. The molecule has 4 aromatic rings. The number of aromatic nitrogens is 2. The van der Waals surface area contributed by atoms with Crippen LogP contribution >= 0.6 is 0 Å². The molecule has 0 aliphatic carbocycles. The summed E-state index contributed by atoms with van der Waals surface area (Å²) in [5.41, 5.74) is 9.44. The summed E-state index contributed by atoms with van der Waals surface area (Å²) in [5, 5.41) is 0. The van der Waals surface area contributed by atoms with Gasteiger partial charge in [0.2, 0.25) is 0 Å². The summed E-state index contributed by atoms with van der Waals surface area (Å²) in [6, 6.07) is 21.0. The largest absolute Gasteiger partial charge is 0.372 e. The third-order valence-electron chi connectivity index (χ3n) is 5.20. The van der Waals surface area contributed by atoms with Crippen LogP contribution in [0.3, 0.4) is 0 Å². The molecule has 4 rings (SSSR count). The quantitative estimate of drug-likeness (QED) is 0.403. The van der Waals surface area contributed by atoms with Crippen LogP contribution in [-0.4, -0.2) is 9.97 Å². The average molecular weight is 380 g/mol. The Bertz CT molecular complexity index is 1000. The van der Waals surface area contributed by atoms with Crippen molar-refractivity contribution in [1.29, 1.82) is 0 Å². The fourth-order valence-corrected chi connectivity index (χ4v) is 3.35. The lowest BCUT2D eigenvalue weighted by atomic mass is 10.0. The van der Waals surface area contributed by atoms with E-state index in [-0.39, 0.29) is 0 Å². The van der Waals surface area contributed by atoms with E-state index in [9.17, 15) is 0 Å². The number of hydrogen-bond donors (Lipinski definition) is 0. The Kier molecular flexibility index (Phi) is 5.78. The number of ether oxygens (including phenoxy) is 1. The highest BCUT2D eigenvalue weighted by Gasteiger charge is 2.06. The topological polar surface area (TPSA) is 35.0 Å². The van der Waals surface area contributed by atoms with Crippen molar-refractivity contribution in [3.63, 3.8) is 0 Å². The molecule has 3 heteroatoms. The zero-order chi connectivity index (χ0) is 20.1. The molecule has 0 aliphatic rings. The molecule has 144 valence electrons. The van der Waals surface area contributed by atoms with Crippen molar-refractivity contribution >= 4 is 0 Å². The van der Waals surface area contributed by atoms with Gasteiger partial charge in [0.15, 0.2) is 0 Å². The van der Waals surface area contributed by atoms with Gasteiger partial charge >= 0.3 is 0 Å². The van der Waals surface area contributed by atoms with Gasteiger partial charge in [-0.15, -0.1) is 0 Å². The van der Waals surface area contributed by atoms with Gasteiger partial charge in [-0.1, -0.05) is 36.4 Å². The molecular formula is C26H24N2O. The fourth-order valence-electron chi connectivity index (χ4n) is 3.35. The second-order valence-electron chi connectivity index (χ2n) is 7.26. The molecule has 0 saturated heterocycles. The minimum absolute atomic E-state index is 0.580. The average Bonchev–Trinajstić information content (AvgIpc) is 2.77. The molecule has 0 N–H and O–H groups in total. The van der Waals surface area contributed by atoms with E-state index in [0.29, 0.717) is 13.2 Å². The number of nitrogens with zero attached hydrogens (tertiary/aromatic N) is 2. The predicted molar refractivity (Wildman–Crippen MR) is 117 cm³/mol. The first-order chi connectivity index (χ1) is 14.2. The molecule has 3 nitrogen and oxygen atoms in total. The first kappa shape index (κ1) is 19.0. The normalized spacial score (nSPS) is 10.8. The first-order valence-electron chi connectivity index (χ1n) is 9.78. The molecule has 2 aromatic carbocycles. The smallest absolute Gasteiger partial charge is 0.0724 e. The van der Waals surface area contributed by atoms with E-state index in [1.807, 2.05) is 24.5 Å². The Balaban J connectivity index is 1.48. The maximum atomic E-state index is 6.12. The summed E-state index contributed by atoms with van der Waals surface area (Å²) in [6.45, 7) is 5.41. The second kappa shape index (κ2) is 8.80.